The molecule has 2 fully saturated rings. The Bertz CT molecular complexity index is 875. The summed E-state index contributed by atoms with van der Waals surface area (Å²) >= 11 is 0. The van der Waals surface area contributed by atoms with Gasteiger partial charge in [0.05, 0.1) is 5.69 Å². The lowest BCUT2D eigenvalue weighted by molar-refractivity contribution is -0.134. The molecule has 0 bridgehead atoms. The van der Waals surface area contributed by atoms with Crippen LogP contribution in [0.1, 0.15) is 42.4 Å². The maximum Gasteiger partial charge on any atom is 0.274 e. The number of likely N-dealkylation sites (tertiary alicyclic amines) is 1. The molecule has 8 nitrogen and oxygen atoms in total. The van der Waals surface area contributed by atoms with Crippen LogP contribution in [-0.4, -0.2) is 80.5 Å². The standard InChI is InChI=1S/C23H32N6O2/c1-2-29-11-8-21(25-29)23(31)28-10-5-6-19(17-28)16-22(30)27-14-12-26(13-15-27)18-20-7-3-4-9-24-20/h3-4,7-9,11,19H,2,5-6,10,12-18H2,1H3/t19-/m1/s1. The van der Waals surface area contributed by atoms with Gasteiger partial charge in [-0.1, -0.05) is 6.07 Å². The topological polar surface area (TPSA) is 74.6 Å². The van der Waals surface area contributed by atoms with E-state index in [1.807, 2.05) is 47.3 Å². The number of hydrogen-bond acceptors (Lipinski definition) is 5. The van der Waals surface area contributed by atoms with Crippen molar-refractivity contribution in [2.45, 2.75) is 39.3 Å². The summed E-state index contributed by atoms with van der Waals surface area (Å²) < 4.78 is 1.77. The maximum absolute atomic E-state index is 12.9. The quantitative estimate of drug-likeness (QED) is 0.708. The summed E-state index contributed by atoms with van der Waals surface area (Å²) in [6.07, 6.45) is 6.12. The van der Waals surface area contributed by atoms with Gasteiger partial charge in [-0.15, -0.1) is 0 Å². The van der Waals surface area contributed by atoms with Crippen LogP contribution in [0.5, 0.6) is 0 Å². The molecule has 0 unspecified atom stereocenters. The van der Waals surface area contributed by atoms with Crippen LogP contribution in [-0.2, 0) is 17.9 Å². The molecule has 1 atom stereocenters. The third-order valence-electron chi connectivity index (χ3n) is 6.29. The van der Waals surface area contributed by atoms with Crippen molar-refractivity contribution in [1.82, 2.24) is 29.5 Å². The minimum atomic E-state index is -0.0208. The predicted molar refractivity (Wildman–Crippen MR) is 117 cm³/mol. The van der Waals surface area contributed by atoms with E-state index in [1.165, 1.54) is 0 Å². The van der Waals surface area contributed by atoms with Gasteiger partial charge < -0.3 is 9.80 Å². The molecule has 0 radical (unpaired) electrons. The molecule has 2 aromatic heterocycles. The van der Waals surface area contributed by atoms with E-state index in [1.54, 1.807) is 10.7 Å². The molecule has 4 heterocycles. The SMILES string of the molecule is CCn1ccc(C(=O)N2CCC[C@H](CC(=O)N3CCN(Cc4ccccn4)CC3)C2)n1. The van der Waals surface area contributed by atoms with Crippen LogP contribution in [0, 0.1) is 5.92 Å². The lowest BCUT2D eigenvalue weighted by Crippen LogP contribution is -2.49. The second-order valence-electron chi connectivity index (χ2n) is 8.50. The number of aryl methyl sites for hydroxylation is 1. The van der Waals surface area contributed by atoms with E-state index in [0.29, 0.717) is 18.7 Å². The molecule has 0 N–H and O–H groups in total. The second-order valence-corrected chi connectivity index (χ2v) is 8.50. The van der Waals surface area contributed by atoms with E-state index in [4.69, 9.17) is 0 Å². The van der Waals surface area contributed by atoms with E-state index in [9.17, 15) is 9.59 Å². The number of rotatable bonds is 6. The van der Waals surface area contributed by atoms with Gasteiger partial charge in [0.25, 0.3) is 5.91 Å². The zero-order valence-corrected chi connectivity index (χ0v) is 18.3. The number of amides is 2. The molecule has 2 aliphatic rings. The largest absolute Gasteiger partial charge is 0.340 e. The lowest BCUT2D eigenvalue weighted by Gasteiger charge is -2.37. The Morgan fingerprint density at radius 3 is 2.61 bits per heavy atom. The van der Waals surface area contributed by atoms with Crippen molar-refractivity contribution in [3.8, 4) is 0 Å². The van der Waals surface area contributed by atoms with Gasteiger partial charge in [-0.2, -0.15) is 5.10 Å². The Balaban J connectivity index is 1.24. The zero-order valence-electron chi connectivity index (χ0n) is 18.3. The Morgan fingerprint density at radius 1 is 1.06 bits per heavy atom. The molecule has 0 aromatic carbocycles. The van der Waals surface area contributed by atoms with Crippen molar-refractivity contribution >= 4 is 11.8 Å². The van der Waals surface area contributed by atoms with Gasteiger partial charge in [0.2, 0.25) is 5.91 Å². The van der Waals surface area contributed by atoms with Gasteiger partial charge in [0.1, 0.15) is 5.69 Å². The summed E-state index contributed by atoms with van der Waals surface area (Å²) in [6, 6.07) is 7.76. The molecule has 0 spiro atoms. The summed E-state index contributed by atoms with van der Waals surface area (Å²) in [6.45, 7) is 8.23. The summed E-state index contributed by atoms with van der Waals surface area (Å²) in [5, 5.41) is 4.34. The number of carbonyl (C=O) groups excluding carboxylic acids is 2. The molecule has 4 rings (SSSR count). The van der Waals surface area contributed by atoms with Gasteiger partial charge in [0.15, 0.2) is 0 Å². The molecule has 0 saturated carbocycles. The van der Waals surface area contributed by atoms with Gasteiger partial charge >= 0.3 is 0 Å². The normalized spacial score (nSPS) is 20.1. The molecule has 2 saturated heterocycles. The van der Waals surface area contributed by atoms with E-state index >= 15 is 0 Å². The average molecular weight is 425 g/mol. The number of pyridine rings is 1. The van der Waals surface area contributed by atoms with Crippen molar-refractivity contribution in [3.05, 3.63) is 48.0 Å². The minimum Gasteiger partial charge on any atom is -0.340 e. The first kappa shape index (κ1) is 21.5. The fourth-order valence-corrected chi connectivity index (χ4v) is 4.48. The number of hydrogen-bond donors (Lipinski definition) is 0. The monoisotopic (exact) mass is 424 g/mol. The van der Waals surface area contributed by atoms with Crippen LogP contribution >= 0.6 is 0 Å². The molecule has 166 valence electrons. The smallest absolute Gasteiger partial charge is 0.274 e. The van der Waals surface area contributed by atoms with Crippen molar-refractivity contribution in [2.24, 2.45) is 5.92 Å². The van der Waals surface area contributed by atoms with Gasteiger partial charge in [-0.3, -0.25) is 24.2 Å². The molecule has 0 aliphatic carbocycles. The highest BCUT2D eigenvalue weighted by molar-refractivity contribution is 5.92. The first-order valence-electron chi connectivity index (χ1n) is 11.3. The maximum atomic E-state index is 12.9. The van der Waals surface area contributed by atoms with Gasteiger partial charge in [-0.25, -0.2) is 0 Å². The van der Waals surface area contributed by atoms with E-state index in [0.717, 1.165) is 64.3 Å². The highest BCUT2D eigenvalue weighted by atomic mass is 16.2. The van der Waals surface area contributed by atoms with Crippen molar-refractivity contribution in [3.63, 3.8) is 0 Å². The van der Waals surface area contributed by atoms with Crippen LogP contribution in [0.2, 0.25) is 0 Å². The second kappa shape index (κ2) is 10.0. The van der Waals surface area contributed by atoms with Crippen molar-refractivity contribution in [2.75, 3.05) is 39.3 Å². The zero-order chi connectivity index (χ0) is 21.6. The highest BCUT2D eigenvalue weighted by Crippen LogP contribution is 2.22. The minimum absolute atomic E-state index is 0.0208. The van der Waals surface area contributed by atoms with Crippen LogP contribution in [0.4, 0.5) is 0 Å². The van der Waals surface area contributed by atoms with Crippen LogP contribution in [0.25, 0.3) is 0 Å². The number of carbonyl (C=O) groups is 2. The average Bonchev–Trinajstić information content (AvgIpc) is 3.29. The van der Waals surface area contributed by atoms with Crippen molar-refractivity contribution < 1.29 is 9.59 Å². The molecule has 2 amide bonds. The Morgan fingerprint density at radius 2 is 1.90 bits per heavy atom. The van der Waals surface area contributed by atoms with Crippen molar-refractivity contribution in [1.29, 1.82) is 0 Å². The molecule has 2 aliphatic heterocycles. The number of aromatic nitrogens is 3. The molecule has 8 heteroatoms. The Labute approximate surface area is 183 Å². The van der Waals surface area contributed by atoms with E-state index in [-0.39, 0.29) is 17.7 Å². The number of nitrogens with zero attached hydrogens (tertiary/aromatic N) is 6. The lowest BCUT2D eigenvalue weighted by atomic mass is 9.94. The van der Waals surface area contributed by atoms with Crippen LogP contribution < -0.4 is 0 Å². The molecule has 31 heavy (non-hydrogen) atoms. The Kier molecular flexibility index (Phi) is 6.96. The fraction of sp³-hybridized carbons (Fsp3) is 0.565. The third-order valence-corrected chi connectivity index (χ3v) is 6.29. The molecule has 2 aromatic rings. The summed E-state index contributed by atoms with van der Waals surface area (Å²) in [5.41, 5.74) is 1.57. The number of piperidine rings is 1. The van der Waals surface area contributed by atoms with E-state index in [2.05, 4.69) is 15.0 Å². The highest BCUT2D eigenvalue weighted by Gasteiger charge is 2.29. The van der Waals surface area contributed by atoms with Crippen LogP contribution in [0.15, 0.2) is 36.7 Å². The molecular weight excluding hydrogens is 392 g/mol. The summed E-state index contributed by atoms with van der Waals surface area (Å²) in [4.78, 5) is 36.3. The summed E-state index contributed by atoms with van der Waals surface area (Å²) in [5.74, 6) is 0.421. The fourth-order valence-electron chi connectivity index (χ4n) is 4.48. The molecular formula is C23H32N6O2. The Hall–Kier alpha value is -2.74. The predicted octanol–water partition coefficient (Wildman–Crippen LogP) is 1.88. The first-order valence-corrected chi connectivity index (χ1v) is 11.3. The van der Waals surface area contributed by atoms with Gasteiger partial charge in [-0.05, 0) is 43.9 Å². The van der Waals surface area contributed by atoms with Crippen LogP contribution in [0.3, 0.4) is 0 Å². The third kappa shape index (κ3) is 5.50. The van der Waals surface area contributed by atoms with E-state index < -0.39 is 0 Å². The number of piperazine rings is 1. The first-order chi connectivity index (χ1) is 15.1. The summed E-state index contributed by atoms with van der Waals surface area (Å²) in [7, 11) is 0. The van der Waals surface area contributed by atoms with Gasteiger partial charge in [0, 0.05) is 71.2 Å².